The Labute approximate surface area is 154 Å². The van der Waals surface area contributed by atoms with Gasteiger partial charge in [-0.05, 0) is 54.6 Å². The van der Waals surface area contributed by atoms with E-state index in [4.69, 9.17) is 4.74 Å². The minimum atomic E-state index is -0.214. The molecule has 0 radical (unpaired) electrons. The standard InChI is InChI=1S/C19H16BrN3O2/c1-25-17-4-2-3-13(11-17)19(24)23-16-9-10-18(21-12-16)22-15-7-5-14(20)6-8-15/h2-12H,1H3,(H,21,22)(H,23,24). The first-order valence-electron chi connectivity index (χ1n) is 7.58. The van der Waals surface area contributed by atoms with E-state index in [9.17, 15) is 4.79 Å². The van der Waals surface area contributed by atoms with Crippen molar-refractivity contribution in [2.75, 3.05) is 17.7 Å². The van der Waals surface area contributed by atoms with Crippen LogP contribution in [0.25, 0.3) is 0 Å². The van der Waals surface area contributed by atoms with Gasteiger partial charge in [-0.1, -0.05) is 22.0 Å². The summed E-state index contributed by atoms with van der Waals surface area (Å²) in [6.45, 7) is 0. The minimum Gasteiger partial charge on any atom is -0.497 e. The number of rotatable bonds is 5. The Hall–Kier alpha value is -2.86. The average Bonchev–Trinajstić information content (AvgIpc) is 2.65. The first-order valence-corrected chi connectivity index (χ1v) is 8.37. The zero-order valence-corrected chi connectivity index (χ0v) is 15.1. The Bertz CT molecular complexity index is 865. The molecule has 25 heavy (non-hydrogen) atoms. The monoisotopic (exact) mass is 397 g/mol. The van der Waals surface area contributed by atoms with E-state index in [0.29, 0.717) is 22.8 Å². The second kappa shape index (κ2) is 7.81. The van der Waals surface area contributed by atoms with Crippen LogP contribution in [0.15, 0.2) is 71.3 Å². The lowest BCUT2D eigenvalue weighted by atomic mass is 10.2. The molecule has 3 aromatic rings. The third-order valence-electron chi connectivity index (χ3n) is 3.47. The van der Waals surface area contributed by atoms with Crippen molar-refractivity contribution in [2.24, 2.45) is 0 Å². The van der Waals surface area contributed by atoms with Crippen LogP contribution in [0, 0.1) is 0 Å². The van der Waals surface area contributed by atoms with Gasteiger partial charge in [-0.2, -0.15) is 0 Å². The number of carbonyl (C=O) groups is 1. The van der Waals surface area contributed by atoms with Crippen LogP contribution in [-0.4, -0.2) is 18.0 Å². The second-order valence-corrected chi connectivity index (χ2v) is 6.17. The van der Waals surface area contributed by atoms with E-state index in [1.165, 1.54) is 0 Å². The second-order valence-electron chi connectivity index (χ2n) is 5.25. The molecule has 6 heteroatoms. The van der Waals surface area contributed by atoms with E-state index in [1.54, 1.807) is 43.6 Å². The number of nitrogens with one attached hydrogen (secondary N) is 2. The third kappa shape index (κ3) is 4.58. The summed E-state index contributed by atoms with van der Waals surface area (Å²) in [5.74, 6) is 1.12. The molecule has 5 nitrogen and oxygen atoms in total. The fraction of sp³-hybridized carbons (Fsp3) is 0.0526. The van der Waals surface area contributed by atoms with Gasteiger partial charge in [-0.15, -0.1) is 0 Å². The first kappa shape index (κ1) is 17.0. The molecule has 0 aliphatic heterocycles. The maximum Gasteiger partial charge on any atom is 0.255 e. The molecule has 126 valence electrons. The van der Waals surface area contributed by atoms with Gasteiger partial charge in [0.2, 0.25) is 0 Å². The molecule has 0 saturated heterocycles. The number of carbonyl (C=O) groups excluding carboxylic acids is 1. The predicted octanol–water partition coefficient (Wildman–Crippen LogP) is 4.85. The van der Waals surface area contributed by atoms with Crippen LogP contribution in [-0.2, 0) is 0 Å². The molecule has 0 bridgehead atoms. The van der Waals surface area contributed by atoms with E-state index in [1.807, 2.05) is 30.3 Å². The van der Waals surface area contributed by atoms with Crippen LogP contribution in [0.5, 0.6) is 5.75 Å². The van der Waals surface area contributed by atoms with Crippen LogP contribution >= 0.6 is 15.9 Å². The highest BCUT2D eigenvalue weighted by Crippen LogP contribution is 2.19. The number of methoxy groups -OCH3 is 1. The summed E-state index contributed by atoms with van der Waals surface area (Å²) in [6, 6.07) is 18.4. The smallest absolute Gasteiger partial charge is 0.255 e. The number of hydrogen-bond donors (Lipinski definition) is 2. The van der Waals surface area contributed by atoms with E-state index in [-0.39, 0.29) is 5.91 Å². The lowest BCUT2D eigenvalue weighted by Gasteiger charge is -2.08. The summed E-state index contributed by atoms with van der Waals surface area (Å²) in [6.07, 6.45) is 1.61. The fourth-order valence-corrected chi connectivity index (χ4v) is 2.45. The quantitative estimate of drug-likeness (QED) is 0.645. The summed E-state index contributed by atoms with van der Waals surface area (Å²) in [5.41, 5.74) is 2.08. The molecule has 1 amide bonds. The molecule has 0 fully saturated rings. The molecular weight excluding hydrogens is 382 g/mol. The average molecular weight is 398 g/mol. The van der Waals surface area contributed by atoms with Crippen LogP contribution in [0.1, 0.15) is 10.4 Å². The van der Waals surface area contributed by atoms with Gasteiger partial charge in [0.15, 0.2) is 0 Å². The van der Waals surface area contributed by atoms with Crippen molar-refractivity contribution in [1.29, 1.82) is 0 Å². The number of ether oxygens (including phenoxy) is 1. The number of pyridine rings is 1. The Morgan fingerprint density at radius 2 is 1.80 bits per heavy atom. The Morgan fingerprint density at radius 1 is 1.04 bits per heavy atom. The van der Waals surface area contributed by atoms with E-state index in [0.717, 1.165) is 10.2 Å². The van der Waals surface area contributed by atoms with Crippen LogP contribution in [0.4, 0.5) is 17.2 Å². The summed E-state index contributed by atoms with van der Waals surface area (Å²) in [5, 5.41) is 6.01. The zero-order chi connectivity index (χ0) is 17.6. The molecule has 0 spiro atoms. The molecule has 1 aromatic heterocycles. The van der Waals surface area contributed by atoms with Crippen LogP contribution < -0.4 is 15.4 Å². The number of anilines is 3. The van der Waals surface area contributed by atoms with Crippen molar-refractivity contribution in [3.05, 3.63) is 76.9 Å². The first-order chi connectivity index (χ1) is 12.1. The predicted molar refractivity (Wildman–Crippen MR) is 103 cm³/mol. The van der Waals surface area contributed by atoms with Crippen LogP contribution in [0.3, 0.4) is 0 Å². The Morgan fingerprint density at radius 3 is 2.48 bits per heavy atom. The van der Waals surface area contributed by atoms with Crippen molar-refractivity contribution in [3.63, 3.8) is 0 Å². The molecule has 0 atom stereocenters. The summed E-state index contributed by atoms with van der Waals surface area (Å²) >= 11 is 3.40. The maximum atomic E-state index is 12.3. The van der Waals surface area contributed by atoms with Crippen molar-refractivity contribution in [1.82, 2.24) is 4.98 Å². The van der Waals surface area contributed by atoms with Crippen LogP contribution in [0.2, 0.25) is 0 Å². The van der Waals surface area contributed by atoms with E-state index in [2.05, 4.69) is 31.5 Å². The third-order valence-corrected chi connectivity index (χ3v) is 4.00. The fourth-order valence-electron chi connectivity index (χ4n) is 2.19. The molecule has 2 N–H and O–H groups in total. The lowest BCUT2D eigenvalue weighted by Crippen LogP contribution is -2.12. The molecule has 0 saturated carbocycles. The number of nitrogens with zero attached hydrogens (tertiary/aromatic N) is 1. The van der Waals surface area contributed by atoms with Gasteiger partial charge in [0, 0.05) is 15.7 Å². The van der Waals surface area contributed by atoms with Gasteiger partial charge in [0.1, 0.15) is 11.6 Å². The van der Waals surface area contributed by atoms with E-state index >= 15 is 0 Å². The SMILES string of the molecule is COc1cccc(C(=O)Nc2ccc(Nc3ccc(Br)cc3)nc2)c1. The zero-order valence-electron chi connectivity index (χ0n) is 13.5. The molecular formula is C19H16BrN3O2. The topological polar surface area (TPSA) is 63.2 Å². The highest BCUT2D eigenvalue weighted by molar-refractivity contribution is 9.10. The van der Waals surface area contributed by atoms with Gasteiger partial charge >= 0.3 is 0 Å². The molecule has 3 rings (SSSR count). The highest BCUT2D eigenvalue weighted by Gasteiger charge is 2.07. The van der Waals surface area contributed by atoms with E-state index < -0.39 is 0 Å². The summed E-state index contributed by atoms with van der Waals surface area (Å²) < 4.78 is 6.15. The number of halogens is 1. The number of amides is 1. The molecule has 1 heterocycles. The molecule has 2 aromatic carbocycles. The lowest BCUT2D eigenvalue weighted by molar-refractivity contribution is 0.102. The van der Waals surface area contributed by atoms with Crippen molar-refractivity contribution in [2.45, 2.75) is 0 Å². The van der Waals surface area contributed by atoms with Gasteiger partial charge in [0.25, 0.3) is 5.91 Å². The van der Waals surface area contributed by atoms with Crippen molar-refractivity contribution < 1.29 is 9.53 Å². The minimum absolute atomic E-state index is 0.214. The summed E-state index contributed by atoms with van der Waals surface area (Å²) in [4.78, 5) is 16.6. The Balaban J connectivity index is 1.65. The van der Waals surface area contributed by atoms with Gasteiger partial charge in [-0.3, -0.25) is 4.79 Å². The van der Waals surface area contributed by atoms with Crippen molar-refractivity contribution >= 4 is 39.0 Å². The maximum absolute atomic E-state index is 12.3. The molecule has 0 aliphatic rings. The molecule has 0 aliphatic carbocycles. The number of aromatic nitrogens is 1. The van der Waals surface area contributed by atoms with Gasteiger partial charge in [-0.25, -0.2) is 4.98 Å². The van der Waals surface area contributed by atoms with Crippen molar-refractivity contribution in [3.8, 4) is 5.75 Å². The number of benzene rings is 2. The Kier molecular flexibility index (Phi) is 5.30. The highest BCUT2D eigenvalue weighted by atomic mass is 79.9. The van der Waals surface area contributed by atoms with Gasteiger partial charge in [0.05, 0.1) is 19.0 Å². The largest absolute Gasteiger partial charge is 0.497 e. The molecule has 0 unspecified atom stereocenters. The van der Waals surface area contributed by atoms with Gasteiger partial charge < -0.3 is 15.4 Å². The number of hydrogen-bond acceptors (Lipinski definition) is 4. The summed E-state index contributed by atoms with van der Waals surface area (Å²) in [7, 11) is 1.57. The normalized spacial score (nSPS) is 10.2.